The van der Waals surface area contributed by atoms with Crippen LogP contribution in [0.5, 0.6) is 0 Å². The molecule has 0 N–H and O–H groups in total. The second-order valence-corrected chi connectivity index (χ2v) is 7.16. The first kappa shape index (κ1) is 16.0. The second kappa shape index (κ2) is 6.94. The predicted molar refractivity (Wildman–Crippen MR) is 73.9 cm³/mol. The van der Waals surface area contributed by atoms with Crippen LogP contribution in [-0.2, 0) is 19.1 Å². The number of alkyl halides is 1. The van der Waals surface area contributed by atoms with Crippen LogP contribution in [0, 0.1) is 0 Å². The first-order valence-electron chi connectivity index (χ1n) is 5.50. The third-order valence-corrected chi connectivity index (χ3v) is 6.18. The van der Waals surface area contributed by atoms with Crippen molar-refractivity contribution >= 4 is 43.0 Å². The van der Waals surface area contributed by atoms with E-state index in [0.717, 1.165) is 4.46 Å². The van der Waals surface area contributed by atoms with E-state index in [2.05, 4.69) is 4.74 Å². The number of halogens is 1. The van der Waals surface area contributed by atoms with E-state index in [-0.39, 0.29) is 15.0 Å². The zero-order chi connectivity index (χ0) is 14.5. The molecule has 0 aliphatic carbocycles. The molecule has 1 rings (SSSR count). The normalized spacial score (nSPS) is 15.2. The number of esters is 2. The van der Waals surface area contributed by atoms with Gasteiger partial charge in [0.05, 0.1) is 0 Å². The van der Waals surface area contributed by atoms with Crippen molar-refractivity contribution in [3.63, 3.8) is 0 Å². The Morgan fingerprint density at radius 1 is 1.21 bits per heavy atom. The van der Waals surface area contributed by atoms with Gasteiger partial charge in [-0.3, -0.25) is 0 Å². The van der Waals surface area contributed by atoms with E-state index in [1.54, 1.807) is 0 Å². The zero-order valence-electron chi connectivity index (χ0n) is 10.9. The van der Waals surface area contributed by atoms with Gasteiger partial charge < -0.3 is 0 Å². The van der Waals surface area contributed by atoms with Crippen molar-refractivity contribution in [1.29, 1.82) is 0 Å². The predicted octanol–water partition coefficient (Wildman–Crippen LogP) is 1.15. The van der Waals surface area contributed by atoms with Crippen LogP contribution in [0.25, 0.3) is 0 Å². The van der Waals surface area contributed by atoms with Gasteiger partial charge in [-0.05, 0) is 0 Å². The molecule has 0 amide bonds. The van der Waals surface area contributed by atoms with Crippen LogP contribution in [0.1, 0.15) is 6.92 Å². The molecule has 4 nitrogen and oxygen atoms in total. The standard InChI is InChI=1S/C13H15ClO4Se/c1-13(14,12(16)18-3)10(11(15)17-2)19-9-7-5-4-6-8-9/h4-8,10H,1-3H3/t10-,13+/m1/s1. The summed E-state index contributed by atoms with van der Waals surface area (Å²) in [5, 5.41) is 0. The van der Waals surface area contributed by atoms with Crippen molar-refractivity contribution in [2.75, 3.05) is 14.2 Å². The Morgan fingerprint density at radius 2 is 1.79 bits per heavy atom. The molecule has 0 fully saturated rings. The molecule has 0 saturated heterocycles. The van der Waals surface area contributed by atoms with Crippen molar-refractivity contribution in [2.45, 2.75) is 16.6 Å². The Kier molecular flexibility index (Phi) is 5.85. The summed E-state index contributed by atoms with van der Waals surface area (Å²) in [5.41, 5.74) is 0. The molecule has 1 aromatic carbocycles. The molecule has 0 aliphatic rings. The van der Waals surface area contributed by atoms with Crippen LogP contribution in [0.3, 0.4) is 0 Å². The van der Waals surface area contributed by atoms with Gasteiger partial charge in [-0.2, -0.15) is 0 Å². The quantitative estimate of drug-likeness (QED) is 0.454. The molecule has 0 spiro atoms. The Labute approximate surface area is 123 Å². The van der Waals surface area contributed by atoms with Crippen molar-refractivity contribution < 1.29 is 19.1 Å². The van der Waals surface area contributed by atoms with Crippen molar-refractivity contribution in [3.8, 4) is 0 Å². The summed E-state index contributed by atoms with van der Waals surface area (Å²) in [6.45, 7) is 1.48. The van der Waals surface area contributed by atoms with E-state index in [4.69, 9.17) is 16.3 Å². The van der Waals surface area contributed by atoms with Gasteiger partial charge in [0.25, 0.3) is 0 Å². The number of hydrogen-bond donors (Lipinski definition) is 0. The number of benzene rings is 1. The van der Waals surface area contributed by atoms with E-state index >= 15 is 0 Å². The fourth-order valence-corrected chi connectivity index (χ4v) is 4.13. The van der Waals surface area contributed by atoms with Gasteiger partial charge >= 0.3 is 123 Å². The topological polar surface area (TPSA) is 52.6 Å². The molecule has 104 valence electrons. The maximum absolute atomic E-state index is 11.9. The number of methoxy groups -OCH3 is 2. The molecule has 0 aliphatic heterocycles. The van der Waals surface area contributed by atoms with E-state index in [1.165, 1.54) is 21.1 Å². The van der Waals surface area contributed by atoms with Crippen LogP contribution >= 0.6 is 11.6 Å². The van der Waals surface area contributed by atoms with Gasteiger partial charge in [0.1, 0.15) is 0 Å². The fraction of sp³-hybridized carbons (Fsp3) is 0.385. The van der Waals surface area contributed by atoms with Gasteiger partial charge in [0.15, 0.2) is 0 Å². The summed E-state index contributed by atoms with van der Waals surface area (Å²) >= 11 is 5.88. The summed E-state index contributed by atoms with van der Waals surface area (Å²) in [7, 11) is 2.52. The summed E-state index contributed by atoms with van der Waals surface area (Å²) < 4.78 is 10.4. The van der Waals surface area contributed by atoms with Gasteiger partial charge in [-0.25, -0.2) is 0 Å². The molecule has 2 atom stereocenters. The average Bonchev–Trinajstić information content (AvgIpc) is 2.43. The molecule has 0 radical (unpaired) electrons. The Hall–Kier alpha value is -1.03. The second-order valence-electron chi connectivity index (χ2n) is 3.90. The molecule has 1 aromatic rings. The fourth-order valence-electron chi connectivity index (χ4n) is 1.43. The van der Waals surface area contributed by atoms with Crippen molar-refractivity contribution in [1.82, 2.24) is 0 Å². The Bertz CT molecular complexity index is 447. The minimum absolute atomic E-state index is 0.334. The molecule has 0 unspecified atom stereocenters. The van der Waals surface area contributed by atoms with Gasteiger partial charge in [0.2, 0.25) is 0 Å². The zero-order valence-corrected chi connectivity index (χ0v) is 13.4. The molecule has 19 heavy (non-hydrogen) atoms. The van der Waals surface area contributed by atoms with E-state index in [0.29, 0.717) is 0 Å². The molecular formula is C13H15ClO4Se. The van der Waals surface area contributed by atoms with Crippen LogP contribution in [0.2, 0.25) is 4.82 Å². The van der Waals surface area contributed by atoms with Crippen LogP contribution in [0.4, 0.5) is 0 Å². The molecule has 0 aromatic heterocycles. The molecule has 0 heterocycles. The summed E-state index contributed by atoms with van der Waals surface area (Å²) in [6.07, 6.45) is 0. The summed E-state index contributed by atoms with van der Waals surface area (Å²) in [6, 6.07) is 9.40. The molecular weight excluding hydrogens is 335 g/mol. The number of hydrogen-bond acceptors (Lipinski definition) is 4. The summed E-state index contributed by atoms with van der Waals surface area (Å²) in [5.74, 6) is -1.14. The summed E-state index contributed by atoms with van der Waals surface area (Å²) in [4.78, 5) is 21.4. The third kappa shape index (κ3) is 3.96. The van der Waals surface area contributed by atoms with Gasteiger partial charge in [-0.15, -0.1) is 0 Å². The molecule has 0 bridgehead atoms. The first-order chi connectivity index (χ1) is 8.93. The average molecular weight is 350 g/mol. The Morgan fingerprint density at radius 3 is 2.26 bits per heavy atom. The SMILES string of the molecule is COC(=O)[C@@H]([Se]c1ccccc1)[C@](C)(Cl)C(=O)OC. The van der Waals surface area contributed by atoms with Gasteiger partial charge in [-0.1, -0.05) is 0 Å². The monoisotopic (exact) mass is 350 g/mol. The first-order valence-corrected chi connectivity index (χ1v) is 7.72. The third-order valence-electron chi connectivity index (χ3n) is 2.49. The number of carbonyl (C=O) groups excluding carboxylic acids is 2. The Balaban J connectivity index is 3.02. The molecule has 0 saturated carbocycles. The van der Waals surface area contributed by atoms with Crippen molar-refractivity contribution in [3.05, 3.63) is 30.3 Å². The van der Waals surface area contributed by atoms with Crippen LogP contribution in [0.15, 0.2) is 30.3 Å². The number of ether oxygens (including phenoxy) is 2. The van der Waals surface area contributed by atoms with E-state index in [9.17, 15) is 9.59 Å². The van der Waals surface area contributed by atoms with E-state index in [1.807, 2.05) is 30.3 Å². The van der Waals surface area contributed by atoms with Crippen LogP contribution < -0.4 is 4.46 Å². The minimum atomic E-state index is -1.43. The van der Waals surface area contributed by atoms with Crippen LogP contribution in [-0.4, -0.2) is 46.0 Å². The molecule has 6 heteroatoms. The van der Waals surface area contributed by atoms with Crippen molar-refractivity contribution in [2.24, 2.45) is 0 Å². The maximum atomic E-state index is 11.9. The van der Waals surface area contributed by atoms with Gasteiger partial charge in [0, 0.05) is 0 Å². The number of carbonyl (C=O) groups is 2. The number of rotatable bonds is 5. The van der Waals surface area contributed by atoms with E-state index < -0.39 is 21.6 Å².